The molecular formula is C15H23NO3. The molecule has 0 aromatic heterocycles. The van der Waals surface area contributed by atoms with Crippen LogP contribution in [0.5, 0.6) is 0 Å². The van der Waals surface area contributed by atoms with Gasteiger partial charge >= 0.3 is 0 Å². The second-order valence-corrected chi connectivity index (χ2v) is 4.66. The number of hydrogen-bond acceptors (Lipinski definition) is 4. The second-order valence-electron chi connectivity index (χ2n) is 4.66. The number of carbonyl (C=O) groups is 1. The molecule has 106 valence electrons. The number of nitrogens with zero attached hydrogens (tertiary/aromatic N) is 1. The third-order valence-electron chi connectivity index (χ3n) is 3.23. The minimum Gasteiger partial charge on any atom is -0.395 e. The number of aliphatic hydroxyl groups is 1. The van der Waals surface area contributed by atoms with E-state index in [1.807, 2.05) is 43.0 Å². The Balaban J connectivity index is 2.74. The van der Waals surface area contributed by atoms with Crippen LogP contribution in [0.4, 0.5) is 0 Å². The van der Waals surface area contributed by atoms with Crippen LogP contribution in [-0.4, -0.2) is 55.2 Å². The highest BCUT2D eigenvalue weighted by Gasteiger charge is 2.21. The predicted octanol–water partition coefficient (Wildman–Crippen LogP) is 1.51. The van der Waals surface area contributed by atoms with Gasteiger partial charge in [0.25, 0.3) is 0 Å². The Morgan fingerprint density at radius 3 is 2.47 bits per heavy atom. The molecule has 0 amide bonds. The SMILES string of the molecule is COCCN(CCO)C(C)C(=O)c1ccc(C)cc1. The Morgan fingerprint density at radius 2 is 1.95 bits per heavy atom. The van der Waals surface area contributed by atoms with Gasteiger partial charge in [-0.3, -0.25) is 9.69 Å². The van der Waals surface area contributed by atoms with Crippen LogP contribution in [0.2, 0.25) is 0 Å². The predicted molar refractivity (Wildman–Crippen MR) is 75.5 cm³/mol. The smallest absolute Gasteiger partial charge is 0.179 e. The number of methoxy groups -OCH3 is 1. The summed E-state index contributed by atoms with van der Waals surface area (Å²) < 4.78 is 5.04. The van der Waals surface area contributed by atoms with Crippen LogP contribution in [0.25, 0.3) is 0 Å². The summed E-state index contributed by atoms with van der Waals surface area (Å²) in [5.74, 6) is 0.0737. The molecule has 4 heteroatoms. The molecule has 0 fully saturated rings. The molecule has 1 unspecified atom stereocenters. The van der Waals surface area contributed by atoms with Crippen LogP contribution in [-0.2, 0) is 4.74 Å². The van der Waals surface area contributed by atoms with Crippen LogP contribution >= 0.6 is 0 Å². The molecule has 0 heterocycles. The lowest BCUT2D eigenvalue weighted by Gasteiger charge is -2.27. The standard InChI is InChI=1S/C15H23NO3/c1-12-4-6-14(7-5-12)15(18)13(2)16(8-10-17)9-11-19-3/h4-7,13,17H,8-11H2,1-3H3. The van der Waals surface area contributed by atoms with Crippen molar-refractivity contribution in [2.45, 2.75) is 19.9 Å². The zero-order valence-corrected chi connectivity index (χ0v) is 11.9. The van der Waals surface area contributed by atoms with E-state index in [-0.39, 0.29) is 18.4 Å². The third kappa shape index (κ3) is 4.74. The van der Waals surface area contributed by atoms with Crippen LogP contribution in [0, 0.1) is 6.92 Å². The first-order valence-corrected chi connectivity index (χ1v) is 6.55. The van der Waals surface area contributed by atoms with Gasteiger partial charge in [-0.2, -0.15) is 0 Å². The minimum absolute atomic E-state index is 0.0369. The summed E-state index contributed by atoms with van der Waals surface area (Å²) >= 11 is 0. The van der Waals surface area contributed by atoms with Gasteiger partial charge in [0.15, 0.2) is 5.78 Å². The van der Waals surface area contributed by atoms with Gasteiger partial charge in [-0.15, -0.1) is 0 Å². The fraction of sp³-hybridized carbons (Fsp3) is 0.533. The van der Waals surface area contributed by atoms with Crippen molar-refractivity contribution >= 4 is 5.78 Å². The topological polar surface area (TPSA) is 49.8 Å². The molecule has 0 radical (unpaired) electrons. The highest BCUT2D eigenvalue weighted by Crippen LogP contribution is 2.10. The number of benzene rings is 1. The summed E-state index contributed by atoms with van der Waals surface area (Å²) in [5.41, 5.74) is 1.84. The molecule has 0 aliphatic rings. The van der Waals surface area contributed by atoms with E-state index in [4.69, 9.17) is 9.84 Å². The molecule has 1 N–H and O–H groups in total. The normalized spacial score (nSPS) is 12.7. The highest BCUT2D eigenvalue weighted by atomic mass is 16.5. The molecule has 1 rings (SSSR count). The van der Waals surface area contributed by atoms with E-state index < -0.39 is 0 Å². The lowest BCUT2D eigenvalue weighted by molar-refractivity contribution is 0.0730. The number of rotatable bonds is 8. The van der Waals surface area contributed by atoms with E-state index in [0.29, 0.717) is 25.3 Å². The summed E-state index contributed by atoms with van der Waals surface area (Å²) in [6.07, 6.45) is 0. The number of aryl methyl sites for hydroxylation is 1. The van der Waals surface area contributed by atoms with Gasteiger partial charge in [-0.25, -0.2) is 0 Å². The molecule has 0 aliphatic carbocycles. The maximum Gasteiger partial charge on any atom is 0.179 e. The van der Waals surface area contributed by atoms with Crippen molar-refractivity contribution in [3.05, 3.63) is 35.4 Å². The van der Waals surface area contributed by atoms with Gasteiger partial charge < -0.3 is 9.84 Å². The number of aliphatic hydroxyl groups excluding tert-OH is 1. The van der Waals surface area contributed by atoms with Gasteiger partial charge in [0, 0.05) is 25.8 Å². The van der Waals surface area contributed by atoms with Gasteiger partial charge in [-0.1, -0.05) is 29.8 Å². The van der Waals surface area contributed by atoms with E-state index in [1.165, 1.54) is 0 Å². The lowest BCUT2D eigenvalue weighted by Crippen LogP contribution is -2.42. The molecule has 4 nitrogen and oxygen atoms in total. The van der Waals surface area contributed by atoms with Crippen LogP contribution in [0.3, 0.4) is 0 Å². The second kappa shape index (κ2) is 8.04. The average Bonchev–Trinajstić information content (AvgIpc) is 2.42. The van der Waals surface area contributed by atoms with Crippen molar-refractivity contribution in [2.24, 2.45) is 0 Å². The maximum atomic E-state index is 12.4. The van der Waals surface area contributed by atoms with Crippen molar-refractivity contribution in [3.63, 3.8) is 0 Å². The van der Waals surface area contributed by atoms with E-state index in [9.17, 15) is 4.79 Å². The first-order valence-electron chi connectivity index (χ1n) is 6.55. The summed E-state index contributed by atoms with van der Waals surface area (Å²) in [6, 6.07) is 7.31. The van der Waals surface area contributed by atoms with E-state index in [0.717, 1.165) is 5.56 Å². The van der Waals surface area contributed by atoms with Crippen molar-refractivity contribution < 1.29 is 14.6 Å². The molecule has 0 saturated heterocycles. The van der Waals surface area contributed by atoms with Crippen molar-refractivity contribution in [1.29, 1.82) is 0 Å². The first-order chi connectivity index (χ1) is 9.10. The zero-order chi connectivity index (χ0) is 14.3. The number of hydrogen-bond donors (Lipinski definition) is 1. The van der Waals surface area contributed by atoms with Crippen molar-refractivity contribution in [1.82, 2.24) is 4.90 Å². The quantitative estimate of drug-likeness (QED) is 0.724. The largest absolute Gasteiger partial charge is 0.395 e. The van der Waals surface area contributed by atoms with Gasteiger partial charge in [0.2, 0.25) is 0 Å². The summed E-state index contributed by atoms with van der Waals surface area (Å²) in [6.45, 7) is 5.56. The van der Waals surface area contributed by atoms with Crippen molar-refractivity contribution in [3.8, 4) is 0 Å². The van der Waals surface area contributed by atoms with Crippen LogP contribution in [0.1, 0.15) is 22.8 Å². The number of carbonyl (C=O) groups excluding carboxylic acids is 1. The Morgan fingerprint density at radius 1 is 1.32 bits per heavy atom. The molecular weight excluding hydrogens is 242 g/mol. The van der Waals surface area contributed by atoms with Gasteiger partial charge in [-0.05, 0) is 13.8 Å². The number of ether oxygens (including phenoxy) is 1. The summed E-state index contributed by atoms with van der Waals surface area (Å²) in [7, 11) is 1.63. The van der Waals surface area contributed by atoms with Gasteiger partial charge in [0.05, 0.1) is 19.3 Å². The third-order valence-corrected chi connectivity index (χ3v) is 3.23. The van der Waals surface area contributed by atoms with Crippen LogP contribution < -0.4 is 0 Å². The van der Waals surface area contributed by atoms with Gasteiger partial charge in [0.1, 0.15) is 0 Å². The minimum atomic E-state index is -0.259. The van der Waals surface area contributed by atoms with E-state index >= 15 is 0 Å². The summed E-state index contributed by atoms with van der Waals surface area (Å²) in [4.78, 5) is 14.3. The molecule has 1 aromatic rings. The maximum absolute atomic E-state index is 12.4. The first kappa shape index (κ1) is 15.8. The van der Waals surface area contributed by atoms with Crippen molar-refractivity contribution in [2.75, 3.05) is 33.4 Å². The molecule has 0 bridgehead atoms. The number of Topliss-reactive ketones (excluding diaryl/α,β-unsaturated/α-hetero) is 1. The van der Waals surface area contributed by atoms with E-state index in [2.05, 4.69) is 0 Å². The van der Waals surface area contributed by atoms with Crippen LogP contribution in [0.15, 0.2) is 24.3 Å². The highest BCUT2D eigenvalue weighted by molar-refractivity contribution is 5.99. The molecule has 0 aliphatic heterocycles. The molecule has 1 atom stereocenters. The molecule has 0 spiro atoms. The lowest BCUT2D eigenvalue weighted by atomic mass is 10.0. The Labute approximate surface area is 115 Å². The fourth-order valence-corrected chi connectivity index (χ4v) is 1.96. The molecule has 0 saturated carbocycles. The zero-order valence-electron chi connectivity index (χ0n) is 11.9. The summed E-state index contributed by atoms with van der Waals surface area (Å²) in [5, 5.41) is 9.08. The van der Waals surface area contributed by atoms with E-state index in [1.54, 1.807) is 7.11 Å². The Hall–Kier alpha value is -1.23. The Bertz CT molecular complexity index is 389. The fourth-order valence-electron chi connectivity index (χ4n) is 1.96. The Kier molecular flexibility index (Phi) is 6.70. The average molecular weight is 265 g/mol. The molecule has 1 aromatic carbocycles. The number of ketones is 1. The monoisotopic (exact) mass is 265 g/mol. The molecule has 19 heavy (non-hydrogen) atoms.